The van der Waals surface area contributed by atoms with Crippen LogP contribution in [0, 0.1) is 0 Å². The molecule has 3 N–H and O–H groups in total. The average molecular weight is 460 g/mol. The molecule has 2 aliphatic rings. The van der Waals surface area contributed by atoms with Crippen LogP contribution in [0.4, 0.5) is 5.69 Å². The van der Waals surface area contributed by atoms with Crippen LogP contribution in [0.1, 0.15) is 32.1 Å². The molecule has 1 aromatic rings. The molecule has 25 heavy (non-hydrogen) atoms. The van der Waals surface area contributed by atoms with Crippen molar-refractivity contribution in [2.24, 2.45) is 10.7 Å². The van der Waals surface area contributed by atoms with Crippen molar-refractivity contribution in [3.63, 3.8) is 0 Å². The second kappa shape index (κ2) is 9.47. The van der Waals surface area contributed by atoms with E-state index in [1.54, 1.807) is 14.2 Å². The first-order valence-electron chi connectivity index (χ1n) is 8.76. The maximum atomic E-state index is 6.06. The van der Waals surface area contributed by atoms with Crippen molar-refractivity contribution in [1.82, 2.24) is 4.90 Å². The lowest BCUT2D eigenvalue weighted by Gasteiger charge is -2.43. The smallest absolute Gasteiger partial charge is 0.193 e. The van der Waals surface area contributed by atoms with Crippen LogP contribution in [0.2, 0.25) is 0 Å². The number of nitrogens with two attached hydrogens (primary N) is 1. The third-order valence-electron chi connectivity index (χ3n) is 4.97. The van der Waals surface area contributed by atoms with Gasteiger partial charge in [0.1, 0.15) is 0 Å². The topological polar surface area (TPSA) is 72.1 Å². The Morgan fingerprint density at radius 2 is 1.80 bits per heavy atom. The number of nitrogens with zero attached hydrogens (tertiary/aromatic N) is 2. The number of hydrogen-bond acceptors (Lipinski definition) is 4. The molecular weight excluding hydrogens is 431 g/mol. The summed E-state index contributed by atoms with van der Waals surface area (Å²) in [5.41, 5.74) is 6.90. The molecule has 1 aliphatic heterocycles. The van der Waals surface area contributed by atoms with Gasteiger partial charge in [0.2, 0.25) is 0 Å². The highest BCUT2D eigenvalue weighted by molar-refractivity contribution is 14.0. The van der Waals surface area contributed by atoms with E-state index in [4.69, 9.17) is 15.2 Å². The number of guanidine groups is 1. The maximum absolute atomic E-state index is 6.06. The Kier molecular flexibility index (Phi) is 7.61. The van der Waals surface area contributed by atoms with Gasteiger partial charge in [0.05, 0.1) is 20.3 Å². The normalized spacial score (nSPS) is 24.0. The predicted octanol–water partition coefficient (Wildman–Crippen LogP) is 3.07. The van der Waals surface area contributed by atoms with Crippen LogP contribution in [-0.2, 0) is 0 Å². The van der Waals surface area contributed by atoms with E-state index in [1.165, 1.54) is 32.4 Å². The molecule has 140 valence electrons. The Balaban J connectivity index is 0.00000225. The van der Waals surface area contributed by atoms with Crippen LogP contribution >= 0.6 is 24.0 Å². The number of aliphatic imine (C=N–C) groups is 1. The monoisotopic (exact) mass is 460 g/mol. The summed E-state index contributed by atoms with van der Waals surface area (Å²) < 4.78 is 10.5. The molecule has 0 amide bonds. The zero-order valence-electron chi connectivity index (χ0n) is 15.0. The fourth-order valence-corrected chi connectivity index (χ4v) is 3.54. The van der Waals surface area contributed by atoms with Crippen molar-refractivity contribution in [3.05, 3.63) is 18.2 Å². The average Bonchev–Trinajstić information content (AvgIpc) is 2.58. The minimum Gasteiger partial charge on any atom is -0.493 e. The molecule has 0 bridgehead atoms. The number of piperidine rings is 1. The van der Waals surface area contributed by atoms with Crippen LogP contribution in [0.25, 0.3) is 0 Å². The van der Waals surface area contributed by atoms with E-state index < -0.39 is 0 Å². The lowest BCUT2D eigenvalue weighted by atomic mass is 9.85. The summed E-state index contributed by atoms with van der Waals surface area (Å²) in [5, 5.41) is 3.14. The second-order valence-corrected chi connectivity index (χ2v) is 6.58. The fourth-order valence-electron chi connectivity index (χ4n) is 3.54. The van der Waals surface area contributed by atoms with Gasteiger partial charge in [-0.05, 0) is 50.9 Å². The Morgan fingerprint density at radius 1 is 1.12 bits per heavy atom. The third kappa shape index (κ3) is 5.13. The highest BCUT2D eigenvalue weighted by Gasteiger charge is 2.33. The Labute approximate surface area is 167 Å². The quantitative estimate of drug-likeness (QED) is 0.402. The van der Waals surface area contributed by atoms with Gasteiger partial charge in [0.25, 0.3) is 0 Å². The molecule has 0 radical (unpaired) electrons. The number of likely N-dealkylation sites (tertiary alicyclic amines) is 1. The van der Waals surface area contributed by atoms with Crippen molar-refractivity contribution >= 4 is 35.6 Å². The minimum atomic E-state index is 0. The van der Waals surface area contributed by atoms with Crippen LogP contribution in [0.15, 0.2) is 23.2 Å². The van der Waals surface area contributed by atoms with E-state index in [0.29, 0.717) is 29.5 Å². The summed E-state index contributed by atoms with van der Waals surface area (Å²) in [6, 6.07) is 6.65. The largest absolute Gasteiger partial charge is 0.493 e. The van der Waals surface area contributed by atoms with Gasteiger partial charge >= 0.3 is 0 Å². The highest BCUT2D eigenvalue weighted by Crippen LogP contribution is 2.31. The van der Waals surface area contributed by atoms with E-state index in [-0.39, 0.29) is 24.0 Å². The fraction of sp³-hybridized carbons (Fsp3) is 0.611. The lowest BCUT2D eigenvalue weighted by Crippen LogP contribution is -2.49. The van der Waals surface area contributed by atoms with Crippen LogP contribution in [0.3, 0.4) is 0 Å². The molecule has 1 aromatic carbocycles. The number of rotatable bonds is 5. The van der Waals surface area contributed by atoms with Crippen LogP contribution in [-0.4, -0.2) is 50.3 Å². The van der Waals surface area contributed by atoms with Gasteiger partial charge in [-0.15, -0.1) is 24.0 Å². The number of hydrogen-bond donors (Lipinski definition) is 2. The second-order valence-electron chi connectivity index (χ2n) is 6.58. The molecule has 6 nitrogen and oxygen atoms in total. The standard InChI is InChI=1S/C18H28N4O2.HI/c1-23-16-7-6-13(12-17(16)24-2)20-18(19)21-14-10-15(11-14)22-8-4-3-5-9-22;/h6-7,12,14-15H,3-5,8-11H2,1-2H3,(H3,19,20,21);1H. The molecule has 7 heteroatoms. The van der Waals surface area contributed by atoms with E-state index in [1.807, 2.05) is 18.2 Å². The van der Waals surface area contributed by atoms with Crippen molar-refractivity contribution in [2.45, 2.75) is 44.2 Å². The molecule has 1 saturated heterocycles. The zero-order valence-corrected chi connectivity index (χ0v) is 17.4. The SMILES string of the molecule is COc1ccc(NC(N)=NC2CC(N3CCCCC3)C2)cc1OC.I. The molecule has 1 saturated carbocycles. The zero-order chi connectivity index (χ0) is 16.9. The summed E-state index contributed by atoms with van der Waals surface area (Å²) in [5.74, 6) is 1.83. The van der Waals surface area contributed by atoms with Gasteiger partial charge in [-0.3, -0.25) is 0 Å². The van der Waals surface area contributed by atoms with E-state index in [9.17, 15) is 0 Å². The van der Waals surface area contributed by atoms with Gasteiger partial charge in [-0.25, -0.2) is 4.99 Å². The third-order valence-corrected chi connectivity index (χ3v) is 4.97. The maximum Gasteiger partial charge on any atom is 0.193 e. The molecule has 0 atom stereocenters. The van der Waals surface area contributed by atoms with Crippen LogP contribution < -0.4 is 20.5 Å². The molecule has 0 spiro atoms. The van der Waals surface area contributed by atoms with E-state index in [0.717, 1.165) is 18.5 Å². The molecular formula is C18H29IN4O2. The number of halogens is 1. The number of nitrogens with one attached hydrogen (secondary N) is 1. The molecule has 0 unspecified atom stereocenters. The lowest BCUT2D eigenvalue weighted by molar-refractivity contribution is 0.0912. The summed E-state index contributed by atoms with van der Waals surface area (Å²) in [6.07, 6.45) is 6.30. The first kappa shape index (κ1) is 20.1. The van der Waals surface area contributed by atoms with E-state index in [2.05, 4.69) is 15.2 Å². The first-order valence-corrected chi connectivity index (χ1v) is 8.76. The molecule has 1 heterocycles. The van der Waals surface area contributed by atoms with Gasteiger partial charge in [-0.2, -0.15) is 0 Å². The summed E-state index contributed by atoms with van der Waals surface area (Å²) >= 11 is 0. The van der Waals surface area contributed by atoms with Crippen molar-refractivity contribution in [1.29, 1.82) is 0 Å². The van der Waals surface area contributed by atoms with Crippen molar-refractivity contribution in [2.75, 3.05) is 32.6 Å². The number of ether oxygens (including phenoxy) is 2. The van der Waals surface area contributed by atoms with Gasteiger partial charge in [-0.1, -0.05) is 6.42 Å². The molecule has 2 fully saturated rings. The number of benzene rings is 1. The van der Waals surface area contributed by atoms with Crippen molar-refractivity contribution < 1.29 is 9.47 Å². The summed E-state index contributed by atoms with van der Waals surface area (Å²) in [4.78, 5) is 7.22. The van der Waals surface area contributed by atoms with Gasteiger partial charge < -0.3 is 25.4 Å². The number of methoxy groups -OCH3 is 2. The minimum absolute atomic E-state index is 0. The Hall–Kier alpha value is -1.22. The Bertz CT molecular complexity index is 584. The highest BCUT2D eigenvalue weighted by atomic mass is 127. The van der Waals surface area contributed by atoms with Crippen molar-refractivity contribution in [3.8, 4) is 11.5 Å². The summed E-state index contributed by atoms with van der Waals surface area (Å²) in [6.45, 7) is 2.50. The van der Waals surface area contributed by atoms with E-state index >= 15 is 0 Å². The first-order chi connectivity index (χ1) is 11.7. The predicted molar refractivity (Wildman–Crippen MR) is 112 cm³/mol. The Morgan fingerprint density at radius 3 is 2.44 bits per heavy atom. The molecule has 3 rings (SSSR count). The van der Waals surface area contributed by atoms with Gasteiger partial charge in [0.15, 0.2) is 17.5 Å². The molecule has 0 aromatic heterocycles. The summed E-state index contributed by atoms with van der Waals surface area (Å²) in [7, 11) is 3.24. The van der Waals surface area contributed by atoms with Gasteiger partial charge in [0, 0.05) is 17.8 Å². The van der Waals surface area contributed by atoms with Crippen LogP contribution in [0.5, 0.6) is 11.5 Å². The number of anilines is 1. The molecule has 1 aliphatic carbocycles.